The Morgan fingerprint density at radius 2 is 1.88 bits per heavy atom. The molecule has 1 aromatic carbocycles. The minimum absolute atomic E-state index is 0.0618. The molecule has 0 aliphatic heterocycles. The fourth-order valence-corrected chi connectivity index (χ4v) is 3.76. The van der Waals surface area contributed by atoms with Crippen LogP contribution in [0.4, 0.5) is 4.39 Å². The zero-order valence-electron chi connectivity index (χ0n) is 14.9. The molecule has 0 bridgehead atoms. The number of benzene rings is 1. The molecule has 0 radical (unpaired) electrons. The third-order valence-corrected chi connectivity index (χ3v) is 5.30. The first kappa shape index (κ1) is 18.5. The zero-order valence-corrected chi connectivity index (χ0v) is 14.9. The molecule has 1 fully saturated rings. The summed E-state index contributed by atoms with van der Waals surface area (Å²) in [5.74, 6) is 0.598. The number of aromatic nitrogens is 1. The summed E-state index contributed by atoms with van der Waals surface area (Å²) in [7, 11) is 0. The second-order valence-corrected chi connectivity index (χ2v) is 7.12. The number of hydrogen-bond donors (Lipinski definition) is 2. The van der Waals surface area contributed by atoms with Gasteiger partial charge in [-0.05, 0) is 73.9 Å². The van der Waals surface area contributed by atoms with E-state index in [-0.39, 0.29) is 24.2 Å². The molecule has 2 aromatic rings. The summed E-state index contributed by atoms with van der Waals surface area (Å²) in [4.78, 5) is 17.1. The molecule has 1 saturated carbocycles. The molecule has 4 nitrogen and oxygen atoms in total. The van der Waals surface area contributed by atoms with Gasteiger partial charge in [-0.3, -0.25) is 9.78 Å². The Morgan fingerprint density at radius 1 is 1.15 bits per heavy atom. The minimum Gasteiger partial charge on any atom is -0.347 e. The van der Waals surface area contributed by atoms with E-state index in [1.807, 2.05) is 18.2 Å². The zero-order chi connectivity index (χ0) is 18.4. The molecule has 5 heteroatoms. The summed E-state index contributed by atoms with van der Waals surface area (Å²) in [5, 5.41) is 3.17. The van der Waals surface area contributed by atoms with Gasteiger partial charge in [0.05, 0.1) is 18.2 Å². The molecule has 1 amide bonds. The second kappa shape index (κ2) is 8.90. The first-order valence-electron chi connectivity index (χ1n) is 9.30. The summed E-state index contributed by atoms with van der Waals surface area (Å²) in [6.45, 7) is 0.734. The van der Waals surface area contributed by atoms with Crippen LogP contribution in [0.2, 0.25) is 0 Å². The smallest absolute Gasteiger partial charge is 0.224 e. The lowest BCUT2D eigenvalue weighted by atomic mass is 9.77. The van der Waals surface area contributed by atoms with Crippen molar-refractivity contribution in [3.05, 3.63) is 65.7 Å². The summed E-state index contributed by atoms with van der Waals surface area (Å²) < 4.78 is 13.0. The van der Waals surface area contributed by atoms with E-state index in [1.165, 1.54) is 12.1 Å². The lowest BCUT2D eigenvalue weighted by Gasteiger charge is -2.33. The number of nitrogens with two attached hydrogens (primary N) is 1. The Labute approximate surface area is 154 Å². The molecule has 1 aliphatic carbocycles. The van der Waals surface area contributed by atoms with E-state index in [4.69, 9.17) is 5.73 Å². The van der Waals surface area contributed by atoms with Crippen LogP contribution in [0.15, 0.2) is 48.7 Å². The van der Waals surface area contributed by atoms with Crippen molar-refractivity contribution in [2.24, 2.45) is 17.6 Å². The van der Waals surface area contributed by atoms with E-state index in [0.717, 1.165) is 43.5 Å². The van der Waals surface area contributed by atoms with Gasteiger partial charge in [-0.25, -0.2) is 4.39 Å². The number of rotatable bonds is 6. The quantitative estimate of drug-likeness (QED) is 0.835. The number of nitrogens with one attached hydrogen (secondary N) is 1. The molecule has 3 N–H and O–H groups in total. The van der Waals surface area contributed by atoms with Gasteiger partial charge in [-0.1, -0.05) is 18.2 Å². The van der Waals surface area contributed by atoms with Crippen LogP contribution in [-0.2, 0) is 11.2 Å². The number of halogens is 1. The Kier molecular flexibility index (Phi) is 6.34. The first-order chi connectivity index (χ1) is 12.7. The van der Waals surface area contributed by atoms with E-state index in [0.29, 0.717) is 11.8 Å². The highest BCUT2D eigenvalue weighted by molar-refractivity contribution is 5.79. The van der Waals surface area contributed by atoms with Gasteiger partial charge in [0.15, 0.2) is 0 Å². The van der Waals surface area contributed by atoms with Crippen LogP contribution in [0, 0.1) is 17.7 Å². The summed E-state index contributed by atoms with van der Waals surface area (Å²) in [5.41, 5.74) is 7.51. The number of amides is 1. The van der Waals surface area contributed by atoms with Crippen molar-refractivity contribution in [3.8, 4) is 0 Å². The Morgan fingerprint density at radius 3 is 2.50 bits per heavy atom. The lowest BCUT2D eigenvalue weighted by Crippen LogP contribution is -2.37. The highest BCUT2D eigenvalue weighted by Crippen LogP contribution is 2.36. The summed E-state index contributed by atoms with van der Waals surface area (Å²) in [6.07, 6.45) is 6.28. The second-order valence-electron chi connectivity index (χ2n) is 7.12. The number of nitrogens with zero attached hydrogens (tertiary/aromatic N) is 1. The number of carbonyl (C=O) groups is 1. The summed E-state index contributed by atoms with van der Waals surface area (Å²) in [6, 6.07) is 11.8. The molecule has 138 valence electrons. The van der Waals surface area contributed by atoms with E-state index in [9.17, 15) is 9.18 Å². The van der Waals surface area contributed by atoms with Crippen molar-refractivity contribution >= 4 is 5.91 Å². The molecule has 1 heterocycles. The van der Waals surface area contributed by atoms with Gasteiger partial charge in [0.1, 0.15) is 5.82 Å². The third-order valence-electron chi connectivity index (χ3n) is 5.30. The third kappa shape index (κ3) is 4.88. The molecule has 1 aliphatic rings. The van der Waals surface area contributed by atoms with E-state index < -0.39 is 0 Å². The van der Waals surface area contributed by atoms with Gasteiger partial charge in [-0.2, -0.15) is 0 Å². The Hall–Kier alpha value is -2.27. The van der Waals surface area contributed by atoms with E-state index in [1.54, 1.807) is 18.3 Å². The molecule has 26 heavy (non-hydrogen) atoms. The van der Waals surface area contributed by atoms with Gasteiger partial charge >= 0.3 is 0 Å². The number of hydrogen-bond acceptors (Lipinski definition) is 3. The molecule has 0 unspecified atom stereocenters. The van der Waals surface area contributed by atoms with Crippen molar-refractivity contribution in [2.45, 2.75) is 38.1 Å². The SMILES string of the molecule is NCC1CCC([C@H](NC(=O)Cc2ccc(F)cc2)c2ccccn2)CC1. The van der Waals surface area contributed by atoms with Crippen LogP contribution in [0.25, 0.3) is 0 Å². The van der Waals surface area contributed by atoms with Gasteiger partial charge < -0.3 is 11.1 Å². The Balaban J connectivity index is 1.69. The van der Waals surface area contributed by atoms with Gasteiger partial charge in [-0.15, -0.1) is 0 Å². The van der Waals surface area contributed by atoms with E-state index >= 15 is 0 Å². The fourth-order valence-electron chi connectivity index (χ4n) is 3.76. The topological polar surface area (TPSA) is 68.0 Å². The molecule has 0 spiro atoms. The monoisotopic (exact) mass is 355 g/mol. The molecule has 1 aromatic heterocycles. The standard InChI is InChI=1S/C21H26FN3O/c22-18-10-6-15(7-11-18)13-20(26)25-21(19-3-1-2-12-24-19)17-8-4-16(14-23)5-9-17/h1-3,6-7,10-12,16-17,21H,4-5,8-9,13-14,23H2,(H,25,26)/t16?,17?,21-/m0/s1. The van der Waals surface area contributed by atoms with Crippen molar-refractivity contribution in [3.63, 3.8) is 0 Å². The van der Waals surface area contributed by atoms with E-state index in [2.05, 4.69) is 10.3 Å². The molecule has 0 saturated heterocycles. The predicted octanol–water partition coefficient (Wildman–Crippen LogP) is 3.39. The van der Waals surface area contributed by atoms with Crippen molar-refractivity contribution in [1.29, 1.82) is 0 Å². The van der Waals surface area contributed by atoms with Crippen LogP contribution in [0.3, 0.4) is 0 Å². The largest absolute Gasteiger partial charge is 0.347 e. The van der Waals surface area contributed by atoms with Crippen LogP contribution >= 0.6 is 0 Å². The normalized spacial score (nSPS) is 21.2. The van der Waals surface area contributed by atoms with Crippen molar-refractivity contribution in [1.82, 2.24) is 10.3 Å². The first-order valence-corrected chi connectivity index (χ1v) is 9.30. The number of pyridine rings is 1. The highest BCUT2D eigenvalue weighted by atomic mass is 19.1. The minimum atomic E-state index is -0.294. The Bertz CT molecular complexity index is 697. The van der Waals surface area contributed by atoms with Crippen LogP contribution < -0.4 is 11.1 Å². The molecule has 1 atom stereocenters. The summed E-state index contributed by atoms with van der Waals surface area (Å²) >= 11 is 0. The van der Waals surface area contributed by atoms with Crippen LogP contribution in [0.1, 0.15) is 43.0 Å². The van der Waals surface area contributed by atoms with Crippen molar-refractivity contribution in [2.75, 3.05) is 6.54 Å². The average molecular weight is 355 g/mol. The van der Waals surface area contributed by atoms with Crippen LogP contribution in [-0.4, -0.2) is 17.4 Å². The molecule has 3 rings (SSSR count). The average Bonchev–Trinajstić information content (AvgIpc) is 2.69. The van der Waals surface area contributed by atoms with Crippen LogP contribution in [0.5, 0.6) is 0 Å². The maximum atomic E-state index is 13.0. The lowest BCUT2D eigenvalue weighted by molar-refractivity contribution is -0.121. The van der Waals surface area contributed by atoms with Crippen molar-refractivity contribution < 1.29 is 9.18 Å². The van der Waals surface area contributed by atoms with Gasteiger partial charge in [0.25, 0.3) is 0 Å². The maximum absolute atomic E-state index is 13.0. The number of carbonyl (C=O) groups excluding carboxylic acids is 1. The van der Waals surface area contributed by atoms with Gasteiger partial charge in [0, 0.05) is 6.20 Å². The molecular formula is C21H26FN3O. The molecular weight excluding hydrogens is 329 g/mol. The highest BCUT2D eigenvalue weighted by Gasteiger charge is 2.30. The predicted molar refractivity (Wildman–Crippen MR) is 99.7 cm³/mol. The maximum Gasteiger partial charge on any atom is 0.224 e. The fraction of sp³-hybridized carbons (Fsp3) is 0.429. The van der Waals surface area contributed by atoms with Gasteiger partial charge in [0.2, 0.25) is 5.91 Å².